The number of benzene rings is 1. The molecule has 0 unspecified atom stereocenters. The number of hydrogen-bond donors (Lipinski definition) is 1. The molecule has 0 saturated heterocycles. The number of carbonyl (C=O) groups is 1. The second kappa shape index (κ2) is 6.00. The highest BCUT2D eigenvalue weighted by Gasteiger charge is 2.19. The Bertz CT molecular complexity index is 425. The summed E-state index contributed by atoms with van der Waals surface area (Å²) in [6.45, 7) is 0.461. The van der Waals surface area contributed by atoms with E-state index < -0.39 is 10.8 Å². The van der Waals surface area contributed by atoms with E-state index in [1.807, 2.05) is 0 Å². The number of nitro groups is 1. The maximum atomic E-state index is 11.6. The Kier molecular flexibility index (Phi) is 4.94. The molecule has 0 atom stereocenters. The lowest BCUT2D eigenvalue weighted by Gasteiger charge is -2.04. The zero-order valence-electron chi connectivity index (χ0n) is 8.07. The highest BCUT2D eigenvalue weighted by atomic mass is 127. The fourth-order valence-corrected chi connectivity index (χ4v) is 1.55. The second-order valence-electron chi connectivity index (χ2n) is 2.86. The van der Waals surface area contributed by atoms with Crippen LogP contribution in [0.3, 0.4) is 0 Å². The van der Waals surface area contributed by atoms with Crippen LogP contribution >= 0.6 is 34.2 Å². The van der Waals surface area contributed by atoms with E-state index in [1.165, 1.54) is 18.2 Å². The number of rotatable bonds is 4. The zero-order valence-corrected chi connectivity index (χ0v) is 11.0. The molecule has 0 aliphatic carbocycles. The number of amides is 1. The van der Waals surface area contributed by atoms with Gasteiger partial charge < -0.3 is 5.32 Å². The molecular weight excluding hydrogens is 346 g/mol. The minimum absolute atomic E-state index is 0.0117. The van der Waals surface area contributed by atoms with Crippen molar-refractivity contribution in [3.8, 4) is 0 Å². The van der Waals surface area contributed by atoms with Gasteiger partial charge >= 0.3 is 0 Å². The first kappa shape index (κ1) is 13.2. The van der Waals surface area contributed by atoms with E-state index in [-0.39, 0.29) is 11.3 Å². The minimum atomic E-state index is -0.602. The maximum absolute atomic E-state index is 11.6. The third-order valence-corrected chi connectivity index (χ3v) is 2.55. The van der Waals surface area contributed by atoms with Crippen molar-refractivity contribution in [3.63, 3.8) is 0 Å². The van der Waals surface area contributed by atoms with E-state index in [2.05, 4.69) is 27.9 Å². The maximum Gasteiger partial charge on any atom is 0.282 e. The van der Waals surface area contributed by atoms with Crippen molar-refractivity contribution >= 4 is 45.8 Å². The van der Waals surface area contributed by atoms with Crippen LogP contribution in [0.2, 0.25) is 5.02 Å². The Morgan fingerprint density at radius 3 is 2.81 bits per heavy atom. The summed E-state index contributed by atoms with van der Waals surface area (Å²) in [6, 6.07) is 3.90. The summed E-state index contributed by atoms with van der Waals surface area (Å²) in [7, 11) is 0. The Balaban J connectivity index is 3.04. The fraction of sp³-hybridized carbons (Fsp3) is 0.222. The normalized spacial score (nSPS) is 9.88. The van der Waals surface area contributed by atoms with Gasteiger partial charge in [-0.25, -0.2) is 0 Å². The minimum Gasteiger partial charge on any atom is -0.351 e. The molecule has 1 aromatic carbocycles. The second-order valence-corrected chi connectivity index (χ2v) is 4.38. The molecule has 0 bridgehead atoms. The van der Waals surface area contributed by atoms with Crippen LogP contribution in [0.25, 0.3) is 0 Å². The van der Waals surface area contributed by atoms with Crippen LogP contribution in [0.5, 0.6) is 0 Å². The summed E-state index contributed by atoms with van der Waals surface area (Å²) in [5.41, 5.74) is -0.252. The van der Waals surface area contributed by atoms with E-state index >= 15 is 0 Å². The molecule has 7 heteroatoms. The standard InChI is InChI=1S/C9H8ClIN2O3/c10-6-1-2-8(13(15)16)7(5-6)9(14)12-4-3-11/h1-2,5H,3-4H2,(H,12,14). The molecule has 0 radical (unpaired) electrons. The number of halogens is 2. The van der Waals surface area contributed by atoms with Gasteiger partial charge in [0.2, 0.25) is 0 Å². The number of alkyl halides is 1. The predicted octanol–water partition coefficient (Wildman–Crippen LogP) is 2.41. The van der Waals surface area contributed by atoms with E-state index in [1.54, 1.807) is 0 Å². The molecule has 86 valence electrons. The lowest BCUT2D eigenvalue weighted by molar-refractivity contribution is -0.385. The van der Waals surface area contributed by atoms with E-state index in [4.69, 9.17) is 11.6 Å². The topological polar surface area (TPSA) is 72.2 Å². The molecule has 16 heavy (non-hydrogen) atoms. The average Bonchev–Trinajstić information content (AvgIpc) is 2.25. The first-order valence-corrected chi connectivity index (χ1v) is 6.24. The van der Waals surface area contributed by atoms with Crippen molar-refractivity contribution in [3.05, 3.63) is 38.9 Å². The van der Waals surface area contributed by atoms with Crippen molar-refractivity contribution in [2.45, 2.75) is 0 Å². The highest BCUT2D eigenvalue weighted by molar-refractivity contribution is 14.1. The molecule has 1 rings (SSSR count). The van der Waals surface area contributed by atoms with Crippen LogP contribution in [0.4, 0.5) is 5.69 Å². The first-order chi connectivity index (χ1) is 7.56. The lowest BCUT2D eigenvalue weighted by Crippen LogP contribution is -2.25. The van der Waals surface area contributed by atoms with Crippen LogP contribution in [0, 0.1) is 10.1 Å². The molecule has 0 saturated carbocycles. The summed E-state index contributed by atoms with van der Waals surface area (Å²) >= 11 is 7.79. The van der Waals surface area contributed by atoms with Gasteiger partial charge in [0.25, 0.3) is 11.6 Å². The molecule has 0 spiro atoms. The van der Waals surface area contributed by atoms with Crippen LogP contribution in [0.1, 0.15) is 10.4 Å². The number of nitrogens with one attached hydrogen (secondary N) is 1. The summed E-state index contributed by atoms with van der Waals surface area (Å²) in [5.74, 6) is -0.481. The number of nitro benzene ring substituents is 1. The smallest absolute Gasteiger partial charge is 0.282 e. The van der Waals surface area contributed by atoms with Crippen molar-refractivity contribution in [1.29, 1.82) is 0 Å². The molecule has 5 nitrogen and oxygen atoms in total. The summed E-state index contributed by atoms with van der Waals surface area (Å²) in [4.78, 5) is 21.7. The molecule has 0 aliphatic rings. The number of nitrogens with zero attached hydrogens (tertiary/aromatic N) is 1. The molecule has 1 N–H and O–H groups in total. The van der Waals surface area contributed by atoms with Gasteiger partial charge in [-0.3, -0.25) is 14.9 Å². The Hall–Kier alpha value is -0.890. The van der Waals surface area contributed by atoms with Gasteiger partial charge in [0.05, 0.1) is 4.92 Å². The monoisotopic (exact) mass is 354 g/mol. The van der Waals surface area contributed by atoms with Crippen molar-refractivity contribution in [1.82, 2.24) is 5.32 Å². The van der Waals surface area contributed by atoms with Crippen LogP contribution < -0.4 is 5.32 Å². The Morgan fingerprint density at radius 2 is 2.25 bits per heavy atom. The molecule has 0 aliphatic heterocycles. The van der Waals surface area contributed by atoms with Crippen LogP contribution in [-0.2, 0) is 0 Å². The Morgan fingerprint density at radius 1 is 1.56 bits per heavy atom. The van der Waals surface area contributed by atoms with Gasteiger partial charge in [0.1, 0.15) is 5.56 Å². The summed E-state index contributed by atoms with van der Waals surface area (Å²) in [5, 5.41) is 13.6. The van der Waals surface area contributed by atoms with Gasteiger partial charge in [-0.05, 0) is 12.1 Å². The largest absolute Gasteiger partial charge is 0.351 e. The molecule has 0 heterocycles. The van der Waals surface area contributed by atoms with Crippen molar-refractivity contribution in [2.75, 3.05) is 11.0 Å². The molecular formula is C9H8ClIN2O3. The van der Waals surface area contributed by atoms with Gasteiger partial charge in [0, 0.05) is 22.1 Å². The summed E-state index contributed by atoms with van der Waals surface area (Å²) < 4.78 is 0.734. The molecule has 1 amide bonds. The fourth-order valence-electron chi connectivity index (χ4n) is 1.11. The molecule has 0 fully saturated rings. The zero-order chi connectivity index (χ0) is 12.1. The number of hydrogen-bond acceptors (Lipinski definition) is 3. The van der Waals surface area contributed by atoms with Crippen molar-refractivity contribution in [2.24, 2.45) is 0 Å². The summed E-state index contributed by atoms with van der Waals surface area (Å²) in [6.07, 6.45) is 0. The van der Waals surface area contributed by atoms with E-state index in [0.717, 1.165) is 4.43 Å². The molecule has 0 aromatic heterocycles. The first-order valence-electron chi connectivity index (χ1n) is 4.34. The third-order valence-electron chi connectivity index (χ3n) is 1.78. The van der Waals surface area contributed by atoms with E-state index in [0.29, 0.717) is 11.6 Å². The number of carbonyl (C=O) groups excluding carboxylic acids is 1. The SMILES string of the molecule is O=C(NCCI)c1cc(Cl)ccc1[N+](=O)[O-]. The van der Waals surface area contributed by atoms with E-state index in [9.17, 15) is 14.9 Å². The Labute approximate surface area is 110 Å². The average molecular weight is 355 g/mol. The predicted molar refractivity (Wildman–Crippen MR) is 69.3 cm³/mol. The van der Waals surface area contributed by atoms with Gasteiger partial charge in [-0.1, -0.05) is 34.2 Å². The van der Waals surface area contributed by atoms with Gasteiger partial charge in [0.15, 0.2) is 0 Å². The van der Waals surface area contributed by atoms with Gasteiger partial charge in [-0.2, -0.15) is 0 Å². The van der Waals surface area contributed by atoms with Crippen LogP contribution in [-0.4, -0.2) is 21.8 Å². The quantitative estimate of drug-likeness (QED) is 0.391. The third kappa shape index (κ3) is 3.31. The van der Waals surface area contributed by atoms with Crippen molar-refractivity contribution < 1.29 is 9.72 Å². The molecule has 1 aromatic rings. The van der Waals surface area contributed by atoms with Crippen LogP contribution in [0.15, 0.2) is 18.2 Å². The highest BCUT2D eigenvalue weighted by Crippen LogP contribution is 2.22. The van der Waals surface area contributed by atoms with Gasteiger partial charge in [-0.15, -0.1) is 0 Å². The lowest BCUT2D eigenvalue weighted by atomic mass is 10.1.